The van der Waals surface area contributed by atoms with Gasteiger partial charge in [-0.2, -0.15) is 5.10 Å². The van der Waals surface area contributed by atoms with Crippen LogP contribution in [-0.2, 0) is 11.8 Å². The second-order valence-corrected chi connectivity index (χ2v) is 7.75. The molecule has 4 rings (SSSR count). The van der Waals surface area contributed by atoms with E-state index < -0.39 is 0 Å². The van der Waals surface area contributed by atoms with Crippen molar-refractivity contribution in [3.8, 4) is 5.69 Å². The van der Waals surface area contributed by atoms with Crippen LogP contribution < -0.4 is 5.32 Å². The van der Waals surface area contributed by atoms with Crippen LogP contribution in [0.4, 0.5) is 5.69 Å². The number of thioether (sulfide) groups is 1. The molecule has 0 atom stereocenters. The van der Waals surface area contributed by atoms with Crippen molar-refractivity contribution in [2.24, 2.45) is 7.05 Å². The average Bonchev–Trinajstić information content (AvgIpc) is 3.39. The number of rotatable bonds is 6. The van der Waals surface area contributed by atoms with Gasteiger partial charge in [0, 0.05) is 13.0 Å². The SMILES string of the molecule is Cc1nn(-c2ccccc2)c(C)c1NC(=O)CSc1nnc(C2CC2)n1C. The summed E-state index contributed by atoms with van der Waals surface area (Å²) in [4.78, 5) is 12.5. The van der Waals surface area contributed by atoms with Crippen molar-refractivity contribution in [1.82, 2.24) is 24.5 Å². The Morgan fingerprint density at radius 3 is 2.67 bits per heavy atom. The first-order valence-electron chi connectivity index (χ1n) is 8.98. The van der Waals surface area contributed by atoms with Crippen molar-refractivity contribution in [2.75, 3.05) is 11.1 Å². The molecule has 1 aromatic carbocycles. The topological polar surface area (TPSA) is 77.6 Å². The summed E-state index contributed by atoms with van der Waals surface area (Å²) >= 11 is 1.41. The fourth-order valence-corrected chi connectivity index (χ4v) is 3.82. The molecule has 2 aromatic heterocycles. The van der Waals surface area contributed by atoms with Crippen LogP contribution in [0.15, 0.2) is 35.5 Å². The molecule has 0 aliphatic heterocycles. The van der Waals surface area contributed by atoms with Crippen LogP contribution in [0, 0.1) is 13.8 Å². The second kappa shape index (κ2) is 7.19. The number of hydrogen-bond donors (Lipinski definition) is 1. The third-order valence-electron chi connectivity index (χ3n) is 4.70. The molecule has 0 spiro atoms. The van der Waals surface area contributed by atoms with Crippen LogP contribution in [0.3, 0.4) is 0 Å². The second-order valence-electron chi connectivity index (χ2n) is 6.80. The minimum absolute atomic E-state index is 0.0743. The van der Waals surface area contributed by atoms with Crippen molar-refractivity contribution >= 4 is 23.4 Å². The van der Waals surface area contributed by atoms with Crippen LogP contribution in [0.2, 0.25) is 0 Å². The van der Waals surface area contributed by atoms with Gasteiger partial charge in [0.25, 0.3) is 0 Å². The van der Waals surface area contributed by atoms with Gasteiger partial charge in [0.2, 0.25) is 5.91 Å². The number of amides is 1. The third-order valence-corrected chi connectivity index (χ3v) is 5.72. The first-order chi connectivity index (χ1) is 13.0. The minimum Gasteiger partial charge on any atom is -0.322 e. The highest BCUT2D eigenvalue weighted by molar-refractivity contribution is 7.99. The lowest BCUT2D eigenvalue weighted by Gasteiger charge is -2.07. The lowest BCUT2D eigenvalue weighted by molar-refractivity contribution is -0.113. The Morgan fingerprint density at radius 2 is 1.96 bits per heavy atom. The van der Waals surface area contributed by atoms with E-state index in [1.165, 1.54) is 24.6 Å². The Morgan fingerprint density at radius 1 is 1.22 bits per heavy atom. The molecule has 2 heterocycles. The Bertz CT molecular complexity index is 974. The quantitative estimate of drug-likeness (QED) is 0.662. The van der Waals surface area contributed by atoms with Crippen LogP contribution in [-0.4, -0.2) is 36.2 Å². The Labute approximate surface area is 162 Å². The molecule has 140 valence electrons. The van der Waals surface area contributed by atoms with Gasteiger partial charge in [0.15, 0.2) is 5.16 Å². The summed E-state index contributed by atoms with van der Waals surface area (Å²) in [6.07, 6.45) is 2.36. The number of carbonyl (C=O) groups excluding carboxylic acids is 1. The zero-order valence-electron chi connectivity index (χ0n) is 15.6. The summed E-state index contributed by atoms with van der Waals surface area (Å²) in [7, 11) is 1.96. The van der Waals surface area contributed by atoms with E-state index in [1.54, 1.807) is 0 Å². The summed E-state index contributed by atoms with van der Waals surface area (Å²) in [5, 5.41) is 16.8. The molecule has 1 saturated carbocycles. The fourth-order valence-electron chi connectivity index (χ4n) is 3.10. The number of benzene rings is 1. The highest BCUT2D eigenvalue weighted by Crippen LogP contribution is 2.39. The standard InChI is InChI=1S/C19H22N6OS/c1-12-17(13(2)25(23-12)15-7-5-4-6-8-15)20-16(26)11-27-19-22-21-18(24(19)3)14-9-10-14/h4-8,14H,9-11H2,1-3H3,(H,20,26). The Hall–Kier alpha value is -2.61. The molecule has 1 aliphatic rings. The smallest absolute Gasteiger partial charge is 0.234 e. The van der Waals surface area contributed by atoms with Crippen LogP contribution in [0.5, 0.6) is 0 Å². The van der Waals surface area contributed by atoms with E-state index >= 15 is 0 Å². The van der Waals surface area contributed by atoms with Crippen molar-refractivity contribution in [3.05, 3.63) is 47.5 Å². The number of aromatic nitrogens is 5. The minimum atomic E-state index is -0.0743. The van der Waals surface area contributed by atoms with Crippen molar-refractivity contribution in [3.63, 3.8) is 0 Å². The summed E-state index contributed by atoms with van der Waals surface area (Å²) < 4.78 is 3.85. The third kappa shape index (κ3) is 3.62. The first kappa shape index (κ1) is 17.8. The van der Waals surface area contributed by atoms with Crippen LogP contribution in [0.25, 0.3) is 5.69 Å². The predicted molar refractivity (Wildman–Crippen MR) is 105 cm³/mol. The molecular formula is C19H22N6OS. The lowest BCUT2D eigenvalue weighted by atomic mass is 10.3. The summed E-state index contributed by atoms with van der Waals surface area (Å²) in [5.41, 5.74) is 3.44. The maximum Gasteiger partial charge on any atom is 0.234 e. The average molecular weight is 382 g/mol. The zero-order valence-corrected chi connectivity index (χ0v) is 16.5. The van der Waals surface area contributed by atoms with Crippen molar-refractivity contribution in [1.29, 1.82) is 0 Å². The monoisotopic (exact) mass is 382 g/mol. The number of nitrogens with one attached hydrogen (secondary N) is 1. The molecule has 0 unspecified atom stereocenters. The number of nitrogens with zero attached hydrogens (tertiary/aromatic N) is 5. The highest BCUT2D eigenvalue weighted by atomic mass is 32.2. The summed E-state index contributed by atoms with van der Waals surface area (Å²) in [6, 6.07) is 9.89. The largest absolute Gasteiger partial charge is 0.322 e. The normalized spacial score (nSPS) is 13.7. The molecule has 1 N–H and O–H groups in total. The van der Waals surface area contributed by atoms with Gasteiger partial charge in [-0.15, -0.1) is 10.2 Å². The van der Waals surface area contributed by atoms with E-state index in [1.807, 2.05) is 60.5 Å². The molecule has 1 fully saturated rings. The molecule has 0 bridgehead atoms. The fraction of sp³-hybridized carbons (Fsp3) is 0.368. The Balaban J connectivity index is 1.43. The van der Waals surface area contributed by atoms with E-state index in [4.69, 9.17) is 0 Å². The highest BCUT2D eigenvalue weighted by Gasteiger charge is 2.29. The molecule has 1 aliphatic carbocycles. The van der Waals surface area contributed by atoms with Crippen LogP contribution in [0.1, 0.15) is 36.0 Å². The number of para-hydroxylation sites is 1. The van der Waals surface area contributed by atoms with Gasteiger partial charge >= 0.3 is 0 Å². The van der Waals surface area contributed by atoms with Gasteiger partial charge < -0.3 is 9.88 Å². The van der Waals surface area contributed by atoms with E-state index in [-0.39, 0.29) is 11.7 Å². The van der Waals surface area contributed by atoms with Gasteiger partial charge in [-0.1, -0.05) is 30.0 Å². The molecule has 7 nitrogen and oxygen atoms in total. The van der Waals surface area contributed by atoms with Gasteiger partial charge in [-0.05, 0) is 38.8 Å². The van der Waals surface area contributed by atoms with E-state index in [0.717, 1.165) is 33.7 Å². The summed E-state index contributed by atoms with van der Waals surface area (Å²) in [5.74, 6) is 1.77. The van der Waals surface area contributed by atoms with E-state index in [9.17, 15) is 4.79 Å². The molecule has 0 saturated heterocycles. The first-order valence-corrected chi connectivity index (χ1v) is 9.96. The molecular weight excluding hydrogens is 360 g/mol. The lowest BCUT2D eigenvalue weighted by Crippen LogP contribution is -2.15. The Kier molecular flexibility index (Phi) is 4.73. The van der Waals surface area contributed by atoms with Gasteiger partial charge in [0.1, 0.15) is 5.82 Å². The zero-order chi connectivity index (χ0) is 19.0. The molecule has 3 aromatic rings. The maximum atomic E-state index is 12.5. The number of carbonyl (C=O) groups is 1. The molecule has 1 amide bonds. The number of anilines is 1. The predicted octanol–water partition coefficient (Wildman–Crippen LogP) is 3.23. The van der Waals surface area contributed by atoms with Gasteiger partial charge in [-0.3, -0.25) is 4.79 Å². The maximum absolute atomic E-state index is 12.5. The number of hydrogen-bond acceptors (Lipinski definition) is 5. The van der Waals surface area contributed by atoms with E-state index in [2.05, 4.69) is 20.6 Å². The summed E-state index contributed by atoms with van der Waals surface area (Å²) in [6.45, 7) is 3.86. The molecule has 27 heavy (non-hydrogen) atoms. The van der Waals surface area contributed by atoms with Gasteiger partial charge in [-0.25, -0.2) is 4.68 Å². The van der Waals surface area contributed by atoms with Crippen molar-refractivity contribution in [2.45, 2.75) is 37.8 Å². The van der Waals surface area contributed by atoms with E-state index in [0.29, 0.717) is 5.92 Å². The molecule has 8 heteroatoms. The van der Waals surface area contributed by atoms with Gasteiger partial charge in [0.05, 0.1) is 28.5 Å². The van der Waals surface area contributed by atoms with Crippen molar-refractivity contribution < 1.29 is 4.79 Å². The number of aryl methyl sites for hydroxylation is 1. The van der Waals surface area contributed by atoms with Crippen LogP contribution >= 0.6 is 11.8 Å². The molecule has 0 radical (unpaired) electrons.